The Morgan fingerprint density at radius 1 is 1.15 bits per heavy atom. The van der Waals surface area contributed by atoms with Gasteiger partial charge in [-0.1, -0.05) is 0 Å². The lowest BCUT2D eigenvalue weighted by Crippen LogP contribution is -2.54. The molecule has 0 spiro atoms. The first-order valence-corrected chi connectivity index (χ1v) is 5.43. The molecule has 1 aliphatic heterocycles. The van der Waals surface area contributed by atoms with Crippen molar-refractivity contribution >= 4 is 17.7 Å². The van der Waals surface area contributed by atoms with Gasteiger partial charge in [0.05, 0.1) is 5.92 Å². The number of carboxylic acid groups (broad SMARTS) is 1. The van der Waals surface area contributed by atoms with Crippen LogP contribution in [-0.4, -0.2) is 35.1 Å². The maximum Gasteiger partial charge on any atom is 0.322 e. The number of carbonyl (C=O) groups is 2. The fraction of sp³-hybridized carbons (Fsp3) is 0.273. The second-order valence-electron chi connectivity index (χ2n) is 4.21. The smallest absolute Gasteiger partial charge is 0.322 e. The lowest BCUT2D eigenvalue weighted by Gasteiger charge is -2.36. The molecule has 20 heavy (non-hydrogen) atoms. The summed E-state index contributed by atoms with van der Waals surface area (Å²) in [7, 11) is 0. The lowest BCUT2D eigenvalue weighted by molar-refractivity contribution is -0.145. The molecule has 1 aromatic carbocycles. The van der Waals surface area contributed by atoms with Crippen molar-refractivity contribution in [1.82, 2.24) is 4.90 Å². The number of amides is 2. The molecule has 1 aromatic rings. The zero-order chi connectivity index (χ0) is 15.0. The third-order valence-electron chi connectivity index (χ3n) is 2.86. The van der Waals surface area contributed by atoms with Gasteiger partial charge in [-0.2, -0.15) is 0 Å². The Labute approximate surface area is 109 Å². The summed E-state index contributed by atoms with van der Waals surface area (Å²) in [6.07, 6.45) is 0. The molecule has 1 fully saturated rings. The fourth-order valence-electron chi connectivity index (χ4n) is 1.67. The number of hydrogen-bond donors (Lipinski definition) is 2. The number of carboxylic acids is 1. The molecule has 9 heteroatoms. The average Bonchev–Trinajstić information content (AvgIpc) is 2.29. The highest BCUT2D eigenvalue weighted by molar-refractivity contribution is 5.91. The summed E-state index contributed by atoms with van der Waals surface area (Å²) in [5.74, 6) is -8.62. The number of nitrogens with zero attached hydrogens (tertiary/aromatic N) is 1. The van der Waals surface area contributed by atoms with Gasteiger partial charge in [-0.15, -0.1) is 0 Å². The number of nitrogens with one attached hydrogen (secondary N) is 1. The molecule has 2 amide bonds. The molecule has 0 aromatic heterocycles. The number of urea groups is 1. The number of rotatable bonds is 2. The van der Waals surface area contributed by atoms with Gasteiger partial charge in [0.15, 0.2) is 23.3 Å². The van der Waals surface area contributed by atoms with E-state index in [1.807, 2.05) is 0 Å². The number of carbonyl (C=O) groups excluding carboxylic acids is 1. The number of aliphatic carboxylic acids is 1. The quantitative estimate of drug-likeness (QED) is 0.645. The van der Waals surface area contributed by atoms with E-state index in [1.54, 1.807) is 5.32 Å². The van der Waals surface area contributed by atoms with Crippen molar-refractivity contribution in [3.05, 3.63) is 29.3 Å². The minimum atomic E-state index is -1.73. The second kappa shape index (κ2) is 4.99. The van der Waals surface area contributed by atoms with Gasteiger partial charge in [-0.3, -0.25) is 4.79 Å². The van der Waals surface area contributed by atoms with Crippen LogP contribution in [0, 0.1) is 29.2 Å². The molecule has 0 aliphatic carbocycles. The van der Waals surface area contributed by atoms with Gasteiger partial charge in [-0.05, 0) is 0 Å². The van der Waals surface area contributed by atoms with Gasteiger partial charge in [0.2, 0.25) is 0 Å². The van der Waals surface area contributed by atoms with Gasteiger partial charge in [0.25, 0.3) is 0 Å². The molecule has 2 rings (SSSR count). The van der Waals surface area contributed by atoms with E-state index in [0.29, 0.717) is 0 Å². The van der Waals surface area contributed by atoms with Crippen LogP contribution in [0.4, 0.5) is 28.0 Å². The summed E-state index contributed by atoms with van der Waals surface area (Å²) in [6.45, 7) is -0.301. The zero-order valence-electron chi connectivity index (χ0n) is 9.79. The number of hydrogen-bond acceptors (Lipinski definition) is 2. The van der Waals surface area contributed by atoms with E-state index < -0.39 is 46.9 Å². The Morgan fingerprint density at radius 3 is 2.10 bits per heavy atom. The predicted octanol–water partition coefficient (Wildman–Crippen LogP) is 1.79. The van der Waals surface area contributed by atoms with Crippen LogP contribution >= 0.6 is 0 Å². The predicted molar refractivity (Wildman–Crippen MR) is 58.0 cm³/mol. The van der Waals surface area contributed by atoms with E-state index in [1.165, 1.54) is 0 Å². The van der Waals surface area contributed by atoms with Crippen molar-refractivity contribution in [2.24, 2.45) is 5.92 Å². The van der Waals surface area contributed by atoms with E-state index in [9.17, 15) is 27.2 Å². The Morgan fingerprint density at radius 2 is 1.65 bits per heavy atom. The highest BCUT2D eigenvalue weighted by Crippen LogP contribution is 2.25. The van der Waals surface area contributed by atoms with Crippen LogP contribution in [-0.2, 0) is 4.79 Å². The topological polar surface area (TPSA) is 69.6 Å². The van der Waals surface area contributed by atoms with Crippen molar-refractivity contribution in [3.63, 3.8) is 0 Å². The van der Waals surface area contributed by atoms with Gasteiger partial charge >= 0.3 is 12.0 Å². The second-order valence-corrected chi connectivity index (χ2v) is 4.21. The fourth-order valence-corrected chi connectivity index (χ4v) is 1.67. The summed E-state index contributed by atoms with van der Waals surface area (Å²) in [5.41, 5.74) is -1.24. The summed E-state index contributed by atoms with van der Waals surface area (Å²) < 4.78 is 52.4. The molecule has 108 valence electrons. The van der Waals surface area contributed by atoms with Crippen LogP contribution in [0.1, 0.15) is 0 Å². The largest absolute Gasteiger partial charge is 0.481 e. The monoisotopic (exact) mass is 292 g/mol. The molecule has 0 bridgehead atoms. The summed E-state index contributed by atoms with van der Waals surface area (Å²) >= 11 is 0. The van der Waals surface area contributed by atoms with E-state index >= 15 is 0 Å². The molecule has 1 heterocycles. The number of halogens is 4. The number of benzene rings is 1. The molecule has 2 N–H and O–H groups in total. The van der Waals surface area contributed by atoms with Crippen LogP contribution in [0.3, 0.4) is 0 Å². The van der Waals surface area contributed by atoms with Crippen LogP contribution in [0.15, 0.2) is 6.07 Å². The van der Waals surface area contributed by atoms with Crippen molar-refractivity contribution in [2.75, 3.05) is 18.4 Å². The van der Waals surface area contributed by atoms with Gasteiger partial charge in [-0.25, -0.2) is 22.4 Å². The average molecular weight is 292 g/mol. The summed E-state index contributed by atoms with van der Waals surface area (Å²) in [5, 5.41) is 10.3. The Kier molecular flexibility index (Phi) is 3.51. The van der Waals surface area contributed by atoms with E-state index in [2.05, 4.69) is 0 Å². The standard InChI is InChI=1S/C11H8F4N2O3/c12-5-1-6(13)8(15)9(7(5)14)16-11(20)17-2-4(3-17)10(18)19/h1,4H,2-3H2,(H,16,20)(H,18,19). The Bertz CT molecular complexity index is 561. The normalized spacial score (nSPS) is 14.9. The van der Waals surface area contributed by atoms with Crippen molar-refractivity contribution in [3.8, 4) is 0 Å². The Hall–Kier alpha value is -2.32. The third kappa shape index (κ3) is 2.38. The highest BCUT2D eigenvalue weighted by atomic mass is 19.2. The van der Waals surface area contributed by atoms with Gasteiger partial charge < -0.3 is 15.3 Å². The van der Waals surface area contributed by atoms with Gasteiger partial charge in [0, 0.05) is 19.2 Å². The SMILES string of the molecule is O=C(O)C1CN(C(=O)Nc2c(F)c(F)cc(F)c2F)C1. The van der Waals surface area contributed by atoms with E-state index in [4.69, 9.17) is 5.11 Å². The summed E-state index contributed by atoms with van der Waals surface area (Å²) in [4.78, 5) is 23.0. The first kappa shape index (κ1) is 14.1. The van der Waals surface area contributed by atoms with Crippen LogP contribution < -0.4 is 5.32 Å². The maximum atomic E-state index is 13.3. The van der Waals surface area contributed by atoms with Gasteiger partial charge in [0.1, 0.15) is 5.69 Å². The van der Waals surface area contributed by atoms with Crippen molar-refractivity contribution in [1.29, 1.82) is 0 Å². The molecule has 0 unspecified atom stereocenters. The first-order valence-electron chi connectivity index (χ1n) is 5.43. The number of likely N-dealkylation sites (tertiary alicyclic amines) is 1. The Balaban J connectivity index is 2.12. The van der Waals surface area contributed by atoms with E-state index in [-0.39, 0.29) is 19.2 Å². The minimum Gasteiger partial charge on any atom is -0.481 e. The molecule has 1 saturated heterocycles. The van der Waals surface area contributed by atoms with Crippen LogP contribution in [0.25, 0.3) is 0 Å². The first-order chi connectivity index (χ1) is 9.31. The third-order valence-corrected chi connectivity index (χ3v) is 2.86. The van der Waals surface area contributed by atoms with Crippen molar-refractivity contribution < 1.29 is 32.3 Å². The van der Waals surface area contributed by atoms with Crippen LogP contribution in [0.5, 0.6) is 0 Å². The minimum absolute atomic E-state index is 0.0183. The highest BCUT2D eigenvalue weighted by Gasteiger charge is 2.36. The molecular formula is C11H8F4N2O3. The molecule has 0 radical (unpaired) electrons. The molecule has 0 atom stereocenters. The van der Waals surface area contributed by atoms with E-state index in [0.717, 1.165) is 4.90 Å². The number of anilines is 1. The lowest BCUT2D eigenvalue weighted by atomic mass is 10.0. The van der Waals surface area contributed by atoms with Crippen molar-refractivity contribution in [2.45, 2.75) is 0 Å². The molecule has 1 aliphatic rings. The molecule has 5 nitrogen and oxygen atoms in total. The summed E-state index contributed by atoms with van der Waals surface area (Å²) in [6, 6.07) is -1.02. The zero-order valence-corrected chi connectivity index (χ0v) is 9.79. The maximum absolute atomic E-state index is 13.3. The molecule has 0 saturated carbocycles. The molecular weight excluding hydrogens is 284 g/mol. The van der Waals surface area contributed by atoms with Crippen LogP contribution in [0.2, 0.25) is 0 Å².